The van der Waals surface area contributed by atoms with Gasteiger partial charge >= 0.3 is 5.97 Å². The molecule has 0 radical (unpaired) electrons. The van der Waals surface area contributed by atoms with Crippen molar-refractivity contribution in [3.05, 3.63) is 46.4 Å². The quantitative estimate of drug-likeness (QED) is 0.340. The smallest absolute Gasteiger partial charge is 0.337 e. The molecule has 8 heteroatoms. The number of anilines is 2. The Morgan fingerprint density at radius 1 is 1.12 bits per heavy atom. The minimum absolute atomic E-state index is 0.178. The number of nitrogens with zero attached hydrogens (tertiary/aromatic N) is 2. The zero-order valence-corrected chi connectivity index (χ0v) is 19.8. The number of halogens is 1. The fraction of sp³-hybridized carbons (Fsp3) is 0.542. The molecule has 0 aliphatic carbocycles. The molecule has 0 aliphatic rings. The molecule has 0 spiro atoms. The van der Waals surface area contributed by atoms with Crippen molar-refractivity contribution in [3.8, 4) is 0 Å². The van der Waals surface area contributed by atoms with E-state index in [9.17, 15) is 9.18 Å². The minimum Gasteiger partial charge on any atom is -0.465 e. The molecule has 2 aromatic rings. The molecule has 0 aliphatic heterocycles. The van der Waals surface area contributed by atoms with Crippen molar-refractivity contribution >= 4 is 17.7 Å². The highest BCUT2D eigenvalue weighted by Gasteiger charge is 2.15. The van der Waals surface area contributed by atoms with Gasteiger partial charge in [0, 0.05) is 24.2 Å². The summed E-state index contributed by atoms with van der Waals surface area (Å²) in [6.07, 6.45) is 7.31. The van der Waals surface area contributed by atoms with Gasteiger partial charge in [0.05, 0.1) is 12.7 Å². The minimum atomic E-state index is -0.569. The Bertz CT molecular complexity index is 841. The highest BCUT2D eigenvalue weighted by atomic mass is 19.1. The molecule has 178 valence electrons. The first-order chi connectivity index (χ1) is 15.4. The summed E-state index contributed by atoms with van der Waals surface area (Å²) in [4.78, 5) is 20.0. The third-order valence-corrected chi connectivity index (χ3v) is 4.95. The number of nitrogens with two attached hydrogens (primary N) is 2. The van der Waals surface area contributed by atoms with Crippen molar-refractivity contribution in [2.75, 3.05) is 31.2 Å². The van der Waals surface area contributed by atoms with Crippen LogP contribution in [-0.4, -0.2) is 36.1 Å². The Hall–Kier alpha value is -2.74. The summed E-state index contributed by atoms with van der Waals surface area (Å²) in [5.74, 6) is -0.227. The lowest BCUT2D eigenvalue weighted by atomic mass is 10.0. The van der Waals surface area contributed by atoms with E-state index in [4.69, 9.17) is 11.5 Å². The van der Waals surface area contributed by atoms with Gasteiger partial charge < -0.3 is 21.5 Å². The molecule has 0 amide bonds. The lowest BCUT2D eigenvalue weighted by molar-refractivity contribution is 0.0600. The Labute approximate surface area is 191 Å². The number of aryl methyl sites for hydroxylation is 1. The molecule has 0 bridgehead atoms. The van der Waals surface area contributed by atoms with Gasteiger partial charge in [0.1, 0.15) is 11.6 Å². The average molecular weight is 448 g/mol. The van der Waals surface area contributed by atoms with Gasteiger partial charge in [-0.2, -0.15) is 4.98 Å². The summed E-state index contributed by atoms with van der Waals surface area (Å²) in [5, 5.41) is 3.28. The first-order valence-corrected chi connectivity index (χ1v) is 11.3. The van der Waals surface area contributed by atoms with E-state index in [-0.39, 0.29) is 11.5 Å². The number of aromatic nitrogens is 2. The third kappa shape index (κ3) is 9.18. The van der Waals surface area contributed by atoms with Crippen molar-refractivity contribution in [1.82, 2.24) is 9.97 Å². The zero-order chi connectivity index (χ0) is 23.9. The van der Waals surface area contributed by atoms with E-state index in [0.29, 0.717) is 23.5 Å². The summed E-state index contributed by atoms with van der Waals surface area (Å²) in [6, 6.07) is 4.31. The number of hydrogen-bond acceptors (Lipinski definition) is 7. The van der Waals surface area contributed by atoms with Crippen molar-refractivity contribution in [1.29, 1.82) is 0 Å². The Morgan fingerprint density at radius 3 is 2.38 bits per heavy atom. The van der Waals surface area contributed by atoms with Crippen LogP contribution in [0, 0.1) is 12.7 Å². The van der Waals surface area contributed by atoms with Crippen LogP contribution in [0.25, 0.3) is 0 Å². The van der Waals surface area contributed by atoms with Crippen LogP contribution in [0.2, 0.25) is 0 Å². The van der Waals surface area contributed by atoms with Crippen LogP contribution >= 0.6 is 0 Å². The van der Waals surface area contributed by atoms with Gasteiger partial charge in [-0.1, -0.05) is 45.6 Å². The molecule has 1 aromatic carbocycles. The summed E-state index contributed by atoms with van der Waals surface area (Å²) in [7, 11) is 1.26. The maximum atomic E-state index is 14.4. The fourth-order valence-electron chi connectivity index (χ4n) is 3.08. The van der Waals surface area contributed by atoms with Crippen molar-refractivity contribution in [2.24, 2.45) is 5.73 Å². The van der Waals surface area contributed by atoms with Crippen LogP contribution in [-0.2, 0) is 11.2 Å². The van der Waals surface area contributed by atoms with Gasteiger partial charge in [-0.05, 0) is 44.0 Å². The first-order valence-electron chi connectivity index (χ1n) is 11.3. The van der Waals surface area contributed by atoms with Gasteiger partial charge in [0.2, 0.25) is 5.95 Å². The molecule has 0 atom stereocenters. The predicted molar refractivity (Wildman–Crippen MR) is 128 cm³/mol. The number of esters is 1. The highest BCUT2D eigenvalue weighted by molar-refractivity contribution is 5.89. The number of carbonyl (C=O) groups excluding carboxylic acids is 1. The number of hydrogen-bond donors (Lipinski definition) is 3. The number of nitrogen functional groups attached to an aromatic ring is 1. The van der Waals surface area contributed by atoms with E-state index < -0.39 is 11.8 Å². The lowest BCUT2D eigenvalue weighted by Gasteiger charge is -2.14. The van der Waals surface area contributed by atoms with Crippen LogP contribution in [0.1, 0.15) is 79.6 Å². The van der Waals surface area contributed by atoms with Crippen LogP contribution in [0.5, 0.6) is 0 Å². The number of rotatable bonds is 11. The SMILES string of the molecule is CCCCCN.CCCCCNc1nc(N)nc(C)c1Cc1ccc(C(=O)OC)cc1F. The largest absolute Gasteiger partial charge is 0.465 e. The second-order valence-electron chi connectivity index (χ2n) is 7.60. The Kier molecular flexibility index (Phi) is 12.9. The summed E-state index contributed by atoms with van der Waals surface area (Å²) in [5.41, 5.74) is 13.1. The predicted octanol–water partition coefficient (Wildman–Crippen LogP) is 4.62. The standard InChI is InChI=1S/C19H25FN4O2.C5H13N/c1-4-5-6-9-22-17-15(12(2)23-19(21)24-17)10-13-7-8-14(11-16(13)20)18(25)26-3;1-2-3-4-5-6/h7-8,11H,4-6,9-10H2,1-3H3,(H3,21,22,23,24);2-6H2,1H3. The summed E-state index contributed by atoms with van der Waals surface area (Å²) >= 11 is 0. The van der Waals surface area contributed by atoms with Crippen molar-refractivity contribution < 1.29 is 13.9 Å². The number of nitrogens with one attached hydrogen (secondary N) is 1. The summed E-state index contributed by atoms with van der Waals surface area (Å²) < 4.78 is 19.0. The maximum absolute atomic E-state index is 14.4. The highest BCUT2D eigenvalue weighted by Crippen LogP contribution is 2.23. The fourth-order valence-corrected chi connectivity index (χ4v) is 3.08. The number of unbranched alkanes of at least 4 members (excludes halogenated alkanes) is 4. The number of ether oxygens (including phenoxy) is 1. The molecule has 0 unspecified atom stereocenters. The lowest BCUT2D eigenvalue weighted by Crippen LogP contribution is -2.12. The molecule has 5 N–H and O–H groups in total. The number of carbonyl (C=O) groups is 1. The maximum Gasteiger partial charge on any atom is 0.337 e. The monoisotopic (exact) mass is 447 g/mol. The molecule has 1 heterocycles. The van der Waals surface area contributed by atoms with Crippen molar-refractivity contribution in [2.45, 2.75) is 65.7 Å². The van der Waals surface area contributed by atoms with Gasteiger partial charge in [-0.3, -0.25) is 0 Å². The Morgan fingerprint density at radius 2 is 1.81 bits per heavy atom. The third-order valence-electron chi connectivity index (χ3n) is 4.95. The van der Waals surface area contributed by atoms with Gasteiger partial charge in [0.25, 0.3) is 0 Å². The molecule has 0 saturated carbocycles. The summed E-state index contributed by atoms with van der Waals surface area (Å²) in [6.45, 7) is 7.76. The van der Waals surface area contributed by atoms with Crippen LogP contribution in [0.3, 0.4) is 0 Å². The molecule has 32 heavy (non-hydrogen) atoms. The Balaban J connectivity index is 0.000000751. The topological polar surface area (TPSA) is 116 Å². The molecule has 0 saturated heterocycles. The van der Waals surface area contributed by atoms with E-state index in [1.807, 2.05) is 6.92 Å². The molecule has 1 aromatic heterocycles. The van der Waals surface area contributed by atoms with E-state index in [1.165, 1.54) is 32.4 Å². The van der Waals surface area contributed by atoms with Crippen LogP contribution in [0.15, 0.2) is 18.2 Å². The second-order valence-corrected chi connectivity index (χ2v) is 7.60. The second kappa shape index (κ2) is 15.1. The first kappa shape index (κ1) is 27.3. The van der Waals surface area contributed by atoms with Crippen LogP contribution in [0.4, 0.5) is 16.2 Å². The molecular weight excluding hydrogens is 409 g/mol. The van der Waals surface area contributed by atoms with E-state index in [0.717, 1.165) is 37.9 Å². The normalized spacial score (nSPS) is 10.3. The van der Waals surface area contributed by atoms with E-state index >= 15 is 0 Å². The number of benzene rings is 1. The molecule has 2 rings (SSSR count). The molecule has 7 nitrogen and oxygen atoms in total. The molecule has 0 fully saturated rings. The number of methoxy groups -OCH3 is 1. The van der Waals surface area contributed by atoms with Crippen molar-refractivity contribution in [3.63, 3.8) is 0 Å². The van der Waals surface area contributed by atoms with E-state index in [1.54, 1.807) is 12.1 Å². The van der Waals surface area contributed by atoms with E-state index in [2.05, 4.69) is 33.9 Å². The van der Waals surface area contributed by atoms with Gasteiger partial charge in [-0.15, -0.1) is 0 Å². The van der Waals surface area contributed by atoms with Gasteiger partial charge in [0.15, 0.2) is 0 Å². The van der Waals surface area contributed by atoms with Crippen LogP contribution < -0.4 is 16.8 Å². The molecular formula is C24H38FN5O2. The average Bonchev–Trinajstić information content (AvgIpc) is 2.78. The zero-order valence-electron chi connectivity index (χ0n) is 19.8. The van der Waals surface area contributed by atoms with Gasteiger partial charge in [-0.25, -0.2) is 14.2 Å².